The summed E-state index contributed by atoms with van der Waals surface area (Å²) in [5.74, 6) is -0.164. The van der Waals surface area contributed by atoms with E-state index in [2.05, 4.69) is 34.5 Å². The zero-order valence-corrected chi connectivity index (χ0v) is 16.4. The largest absolute Gasteiger partial charge is 0.349 e. The van der Waals surface area contributed by atoms with Crippen molar-refractivity contribution in [3.8, 4) is 0 Å². The first-order valence-electron chi connectivity index (χ1n) is 9.34. The standard InChI is InChI=1S/C18H28N6O3/c1-12(2)9-22-5-6-24-14(10-22)7-13(21-24)8-19-15(25)11-23-16(26)18(3,4)20-17(23)27/h7,12H,5-6,8-11H2,1-4H3,(H,19,25)(H,20,27). The number of amides is 4. The van der Waals surface area contributed by atoms with Gasteiger partial charge in [0.25, 0.3) is 5.91 Å². The Morgan fingerprint density at radius 2 is 2.07 bits per heavy atom. The second-order valence-electron chi connectivity index (χ2n) is 8.20. The molecule has 0 atom stereocenters. The zero-order chi connectivity index (χ0) is 19.8. The van der Waals surface area contributed by atoms with Crippen LogP contribution in [0.4, 0.5) is 4.79 Å². The van der Waals surface area contributed by atoms with E-state index in [1.54, 1.807) is 13.8 Å². The molecule has 0 aliphatic carbocycles. The predicted octanol–water partition coefficient (Wildman–Crippen LogP) is 0.301. The highest BCUT2D eigenvalue weighted by atomic mass is 16.2. The zero-order valence-electron chi connectivity index (χ0n) is 16.4. The molecule has 0 radical (unpaired) electrons. The molecule has 3 heterocycles. The highest BCUT2D eigenvalue weighted by Crippen LogP contribution is 2.17. The van der Waals surface area contributed by atoms with Gasteiger partial charge < -0.3 is 10.6 Å². The number of fused-ring (bicyclic) bond motifs is 1. The molecule has 1 aromatic heterocycles. The van der Waals surface area contributed by atoms with Crippen LogP contribution in [-0.4, -0.2) is 62.6 Å². The van der Waals surface area contributed by atoms with Gasteiger partial charge in [-0.15, -0.1) is 0 Å². The lowest BCUT2D eigenvalue weighted by Gasteiger charge is -2.28. The van der Waals surface area contributed by atoms with Crippen molar-refractivity contribution >= 4 is 17.8 Å². The van der Waals surface area contributed by atoms with E-state index in [-0.39, 0.29) is 19.0 Å². The second kappa shape index (κ2) is 7.30. The number of imide groups is 1. The third-order valence-corrected chi connectivity index (χ3v) is 4.76. The van der Waals surface area contributed by atoms with Gasteiger partial charge in [0.05, 0.1) is 24.5 Å². The van der Waals surface area contributed by atoms with E-state index >= 15 is 0 Å². The molecular formula is C18H28N6O3. The first kappa shape index (κ1) is 19.3. The van der Waals surface area contributed by atoms with Gasteiger partial charge in [0, 0.05) is 19.6 Å². The van der Waals surface area contributed by atoms with Gasteiger partial charge in [-0.25, -0.2) is 4.79 Å². The number of hydrogen-bond acceptors (Lipinski definition) is 5. The molecule has 1 saturated heterocycles. The van der Waals surface area contributed by atoms with Crippen molar-refractivity contribution < 1.29 is 14.4 Å². The van der Waals surface area contributed by atoms with E-state index in [1.807, 2.05) is 10.7 Å². The Balaban J connectivity index is 1.53. The summed E-state index contributed by atoms with van der Waals surface area (Å²) in [6.07, 6.45) is 0. The highest BCUT2D eigenvalue weighted by molar-refractivity contribution is 6.08. The van der Waals surface area contributed by atoms with Crippen LogP contribution in [-0.2, 0) is 29.2 Å². The van der Waals surface area contributed by atoms with Gasteiger partial charge in [-0.2, -0.15) is 5.10 Å². The van der Waals surface area contributed by atoms with E-state index in [0.29, 0.717) is 5.92 Å². The van der Waals surface area contributed by atoms with Crippen molar-refractivity contribution in [2.45, 2.75) is 52.9 Å². The molecule has 4 amide bonds. The van der Waals surface area contributed by atoms with Crippen LogP contribution in [0.5, 0.6) is 0 Å². The minimum Gasteiger partial charge on any atom is -0.349 e. The highest BCUT2D eigenvalue weighted by Gasteiger charge is 2.44. The van der Waals surface area contributed by atoms with Gasteiger partial charge in [0.1, 0.15) is 12.1 Å². The third-order valence-electron chi connectivity index (χ3n) is 4.76. The molecule has 27 heavy (non-hydrogen) atoms. The summed E-state index contributed by atoms with van der Waals surface area (Å²) in [6.45, 7) is 11.4. The van der Waals surface area contributed by atoms with Gasteiger partial charge in [-0.3, -0.25) is 24.1 Å². The Hall–Kier alpha value is -2.42. The molecule has 1 fully saturated rings. The van der Waals surface area contributed by atoms with Crippen molar-refractivity contribution in [1.29, 1.82) is 0 Å². The number of urea groups is 1. The maximum Gasteiger partial charge on any atom is 0.325 e. The van der Waals surface area contributed by atoms with Gasteiger partial charge in [-0.05, 0) is 25.8 Å². The van der Waals surface area contributed by atoms with E-state index in [1.165, 1.54) is 0 Å². The summed E-state index contributed by atoms with van der Waals surface area (Å²) < 4.78 is 1.98. The molecule has 3 rings (SSSR count). The number of rotatable bonds is 6. The Morgan fingerprint density at radius 3 is 2.70 bits per heavy atom. The molecule has 2 aliphatic rings. The summed E-state index contributed by atoms with van der Waals surface area (Å²) in [4.78, 5) is 39.5. The van der Waals surface area contributed by atoms with Crippen molar-refractivity contribution in [1.82, 2.24) is 30.2 Å². The van der Waals surface area contributed by atoms with Gasteiger partial charge in [0.2, 0.25) is 5.91 Å². The molecule has 9 heteroatoms. The quantitative estimate of drug-likeness (QED) is 0.696. The maximum atomic E-state index is 12.2. The van der Waals surface area contributed by atoms with Gasteiger partial charge >= 0.3 is 6.03 Å². The summed E-state index contributed by atoms with van der Waals surface area (Å²) >= 11 is 0. The minimum atomic E-state index is -0.970. The van der Waals surface area contributed by atoms with Crippen molar-refractivity contribution in [2.75, 3.05) is 19.6 Å². The van der Waals surface area contributed by atoms with Crippen LogP contribution in [0.2, 0.25) is 0 Å². The van der Waals surface area contributed by atoms with Gasteiger partial charge in [-0.1, -0.05) is 13.8 Å². The number of hydrogen-bond donors (Lipinski definition) is 2. The van der Waals surface area contributed by atoms with Crippen LogP contribution >= 0.6 is 0 Å². The van der Waals surface area contributed by atoms with Crippen LogP contribution in [0, 0.1) is 5.92 Å². The van der Waals surface area contributed by atoms with E-state index in [4.69, 9.17) is 0 Å². The third kappa shape index (κ3) is 4.29. The molecule has 0 unspecified atom stereocenters. The molecule has 0 aromatic carbocycles. The van der Waals surface area contributed by atoms with Crippen molar-refractivity contribution in [3.63, 3.8) is 0 Å². The fourth-order valence-corrected chi connectivity index (χ4v) is 3.49. The van der Waals surface area contributed by atoms with Crippen LogP contribution in [0.1, 0.15) is 39.1 Å². The van der Waals surface area contributed by atoms with E-state index < -0.39 is 17.5 Å². The predicted molar refractivity (Wildman–Crippen MR) is 98.5 cm³/mol. The van der Waals surface area contributed by atoms with Crippen LogP contribution in [0.25, 0.3) is 0 Å². The lowest BCUT2D eigenvalue weighted by atomic mass is 10.1. The Bertz CT molecular complexity index is 754. The first-order chi connectivity index (χ1) is 12.7. The second-order valence-corrected chi connectivity index (χ2v) is 8.20. The van der Waals surface area contributed by atoms with Crippen LogP contribution < -0.4 is 10.6 Å². The molecular weight excluding hydrogens is 348 g/mol. The summed E-state index contributed by atoms with van der Waals surface area (Å²) in [6, 6.07) is 1.46. The topological polar surface area (TPSA) is 99.6 Å². The molecule has 0 spiro atoms. The van der Waals surface area contributed by atoms with E-state index in [9.17, 15) is 14.4 Å². The Kier molecular flexibility index (Phi) is 5.23. The number of carbonyl (C=O) groups is 3. The number of nitrogens with one attached hydrogen (secondary N) is 2. The number of carbonyl (C=O) groups excluding carboxylic acids is 3. The molecule has 1 aromatic rings. The number of aromatic nitrogens is 2. The monoisotopic (exact) mass is 376 g/mol. The molecule has 0 bridgehead atoms. The molecule has 2 aliphatic heterocycles. The SMILES string of the molecule is CC(C)CN1CCn2nc(CNC(=O)CN3C(=O)NC(C)(C)C3=O)cc2C1. The molecule has 148 valence electrons. The van der Waals surface area contributed by atoms with E-state index in [0.717, 1.165) is 42.5 Å². The minimum absolute atomic E-state index is 0.274. The van der Waals surface area contributed by atoms with Crippen LogP contribution in [0.3, 0.4) is 0 Å². The number of nitrogens with zero attached hydrogens (tertiary/aromatic N) is 4. The lowest BCUT2D eigenvalue weighted by Crippen LogP contribution is -2.43. The lowest BCUT2D eigenvalue weighted by molar-refractivity contribution is -0.134. The molecule has 2 N–H and O–H groups in total. The Morgan fingerprint density at radius 1 is 1.33 bits per heavy atom. The van der Waals surface area contributed by atoms with Crippen molar-refractivity contribution in [2.24, 2.45) is 5.92 Å². The Labute approximate surface area is 159 Å². The molecule has 9 nitrogen and oxygen atoms in total. The fraction of sp³-hybridized carbons (Fsp3) is 0.667. The van der Waals surface area contributed by atoms with Crippen LogP contribution in [0.15, 0.2) is 6.07 Å². The average molecular weight is 376 g/mol. The summed E-state index contributed by atoms with van der Waals surface area (Å²) in [5.41, 5.74) is 0.951. The maximum absolute atomic E-state index is 12.2. The average Bonchev–Trinajstić information content (AvgIpc) is 3.05. The molecule has 0 saturated carbocycles. The fourth-order valence-electron chi connectivity index (χ4n) is 3.49. The van der Waals surface area contributed by atoms with Gasteiger partial charge in [0.15, 0.2) is 0 Å². The summed E-state index contributed by atoms with van der Waals surface area (Å²) in [7, 11) is 0. The first-order valence-corrected chi connectivity index (χ1v) is 9.34. The van der Waals surface area contributed by atoms with Crippen molar-refractivity contribution in [3.05, 3.63) is 17.5 Å². The smallest absolute Gasteiger partial charge is 0.325 e. The normalized spacial score (nSPS) is 19.4. The summed E-state index contributed by atoms with van der Waals surface area (Å²) in [5, 5.41) is 9.84.